The Morgan fingerprint density at radius 1 is 0.667 bits per heavy atom. The zero-order valence-corrected chi connectivity index (χ0v) is 13.0. The fourth-order valence-corrected chi connectivity index (χ4v) is 1.86. The Balaban J connectivity index is 2.60. The van der Waals surface area contributed by atoms with Crippen LogP contribution in [-0.2, 0) is 14.2 Å². The number of hydrogen-bond donors (Lipinski definition) is 0. The lowest BCUT2D eigenvalue weighted by Gasteiger charge is -2.39. The second-order valence-electron chi connectivity index (χ2n) is 7.05. The van der Waals surface area contributed by atoms with Crippen molar-refractivity contribution < 1.29 is 23.2 Å². The second-order valence-corrected chi connectivity index (χ2v) is 7.05. The van der Waals surface area contributed by atoms with Crippen LogP contribution < -0.4 is 0 Å². The monoisotopic (exact) mass is 262 g/mol. The third kappa shape index (κ3) is 6.11. The van der Waals surface area contributed by atoms with Crippen LogP contribution in [0.3, 0.4) is 0 Å². The summed E-state index contributed by atoms with van der Waals surface area (Å²) >= 11 is 0. The Morgan fingerprint density at radius 2 is 1.00 bits per heavy atom. The molecule has 0 N–H and O–H groups in total. The van der Waals surface area contributed by atoms with Crippen LogP contribution in [-0.4, -0.2) is 83.2 Å². The van der Waals surface area contributed by atoms with E-state index in [0.29, 0.717) is 0 Å². The van der Waals surface area contributed by atoms with Crippen molar-refractivity contribution in [2.45, 2.75) is 32.2 Å². The summed E-state index contributed by atoms with van der Waals surface area (Å²) in [7, 11) is 12.8. The van der Waals surface area contributed by atoms with Crippen molar-refractivity contribution in [3.05, 3.63) is 0 Å². The summed E-state index contributed by atoms with van der Waals surface area (Å²) in [6.07, 6.45) is 0.345. The van der Waals surface area contributed by atoms with Crippen molar-refractivity contribution in [2.75, 3.05) is 55.4 Å². The van der Waals surface area contributed by atoms with Crippen LogP contribution in [0.15, 0.2) is 0 Å². The number of hydrogen-bond acceptors (Lipinski definition) is 3. The molecule has 0 aromatic heterocycles. The summed E-state index contributed by atoms with van der Waals surface area (Å²) in [5.41, 5.74) is 0. The molecule has 0 saturated carbocycles. The van der Waals surface area contributed by atoms with Crippen LogP contribution in [0.2, 0.25) is 0 Å². The van der Waals surface area contributed by atoms with Crippen molar-refractivity contribution in [3.63, 3.8) is 0 Å². The zero-order valence-electron chi connectivity index (χ0n) is 13.0. The van der Waals surface area contributed by atoms with Gasteiger partial charge in [0.15, 0.2) is 6.29 Å². The van der Waals surface area contributed by atoms with Gasteiger partial charge in [-0.15, -0.1) is 0 Å². The molecule has 108 valence electrons. The topological polar surface area (TPSA) is 27.7 Å². The third-order valence-corrected chi connectivity index (χ3v) is 2.64. The van der Waals surface area contributed by atoms with Crippen molar-refractivity contribution in [3.8, 4) is 0 Å². The van der Waals surface area contributed by atoms with Crippen molar-refractivity contribution >= 4 is 0 Å². The van der Waals surface area contributed by atoms with E-state index in [1.54, 1.807) is 0 Å². The first-order valence-electron chi connectivity index (χ1n) is 6.66. The minimum atomic E-state index is -0.180. The highest BCUT2D eigenvalue weighted by molar-refractivity contribution is 4.57. The van der Waals surface area contributed by atoms with Crippen molar-refractivity contribution in [1.82, 2.24) is 0 Å². The maximum atomic E-state index is 5.89. The molecule has 0 bridgehead atoms. The maximum Gasteiger partial charge on any atom is 0.212 e. The van der Waals surface area contributed by atoms with Gasteiger partial charge in [0.1, 0.15) is 13.1 Å². The van der Waals surface area contributed by atoms with E-state index in [4.69, 9.17) is 14.2 Å². The lowest BCUT2D eigenvalue weighted by atomic mass is 10.4. The van der Waals surface area contributed by atoms with Gasteiger partial charge in [-0.05, 0) is 6.42 Å². The van der Waals surface area contributed by atoms with Gasteiger partial charge in [0.2, 0.25) is 12.6 Å². The second kappa shape index (κ2) is 5.84. The smallest absolute Gasteiger partial charge is 0.212 e. The Morgan fingerprint density at radius 3 is 1.28 bits per heavy atom. The van der Waals surface area contributed by atoms with Gasteiger partial charge in [0.25, 0.3) is 0 Å². The highest BCUT2D eigenvalue weighted by atomic mass is 16.9. The molecule has 0 aliphatic carbocycles. The fraction of sp³-hybridized carbons (Fsp3) is 1.00. The number of rotatable bonds is 5. The minimum absolute atomic E-state index is 0.146. The predicted molar refractivity (Wildman–Crippen MR) is 70.7 cm³/mol. The average molecular weight is 262 g/mol. The summed E-state index contributed by atoms with van der Waals surface area (Å²) in [4.78, 5) is 0. The van der Waals surface area contributed by atoms with E-state index in [9.17, 15) is 0 Å². The molecule has 18 heavy (non-hydrogen) atoms. The highest BCUT2D eigenvalue weighted by Gasteiger charge is 2.35. The Kier molecular flexibility index (Phi) is 5.14. The molecule has 1 rings (SSSR count). The molecular weight excluding hydrogens is 232 g/mol. The first-order valence-corrected chi connectivity index (χ1v) is 6.66. The maximum absolute atomic E-state index is 5.89. The van der Waals surface area contributed by atoms with Gasteiger partial charge in [0, 0.05) is 0 Å². The highest BCUT2D eigenvalue weighted by Crippen LogP contribution is 2.20. The molecule has 5 nitrogen and oxygen atoms in total. The van der Waals surface area contributed by atoms with Crippen LogP contribution in [0.4, 0.5) is 0 Å². The standard InChI is InChI=1S/C13H30N2O3/c1-8-11-16-12(9-14(2,3)4)18-13(17-11)10-15(5,6)7/h11-13H,8-10H2,1-7H3/q+2. The Hall–Kier alpha value is -0.200. The summed E-state index contributed by atoms with van der Waals surface area (Å²) in [5.74, 6) is 0. The van der Waals surface area contributed by atoms with Crippen molar-refractivity contribution in [2.24, 2.45) is 0 Å². The van der Waals surface area contributed by atoms with E-state index in [-0.39, 0.29) is 18.9 Å². The van der Waals surface area contributed by atoms with Gasteiger partial charge in [-0.3, -0.25) is 0 Å². The van der Waals surface area contributed by atoms with Crippen LogP contribution in [0.1, 0.15) is 13.3 Å². The van der Waals surface area contributed by atoms with Gasteiger partial charge in [-0.2, -0.15) is 0 Å². The van der Waals surface area contributed by atoms with E-state index in [2.05, 4.69) is 49.2 Å². The number of quaternary nitrogens is 2. The summed E-state index contributed by atoms with van der Waals surface area (Å²) in [6.45, 7) is 3.73. The van der Waals surface area contributed by atoms with Crippen LogP contribution >= 0.6 is 0 Å². The molecule has 0 radical (unpaired) electrons. The SMILES string of the molecule is CCC1OC(C[N+](C)(C)C)OC(C[N+](C)(C)C)O1. The Labute approximate surface area is 111 Å². The number of likely N-dealkylation sites (N-methyl/N-ethyl adjacent to an activating group) is 2. The molecule has 1 fully saturated rings. The first-order chi connectivity index (χ1) is 8.09. The third-order valence-electron chi connectivity index (χ3n) is 2.64. The van der Waals surface area contributed by atoms with E-state index in [1.807, 2.05) is 0 Å². The van der Waals surface area contributed by atoms with Gasteiger partial charge >= 0.3 is 0 Å². The minimum Gasteiger partial charge on any atom is -0.327 e. The van der Waals surface area contributed by atoms with Gasteiger partial charge in [0.05, 0.1) is 42.3 Å². The van der Waals surface area contributed by atoms with Crippen LogP contribution in [0.25, 0.3) is 0 Å². The molecule has 1 aliphatic heterocycles. The average Bonchev–Trinajstić information content (AvgIpc) is 2.11. The molecule has 1 aliphatic rings. The van der Waals surface area contributed by atoms with Crippen LogP contribution in [0, 0.1) is 0 Å². The molecule has 1 heterocycles. The molecular formula is C13H30N2O3+2. The first kappa shape index (κ1) is 15.9. The molecule has 1 saturated heterocycles. The van der Waals surface area contributed by atoms with E-state index < -0.39 is 0 Å². The molecule has 0 aromatic rings. The largest absolute Gasteiger partial charge is 0.327 e. The zero-order chi connectivity index (χ0) is 14.0. The molecule has 0 spiro atoms. The summed E-state index contributed by atoms with van der Waals surface area (Å²) in [6, 6.07) is 0. The Bertz CT molecular complexity index is 234. The fourth-order valence-electron chi connectivity index (χ4n) is 1.86. The van der Waals surface area contributed by atoms with Crippen molar-refractivity contribution in [1.29, 1.82) is 0 Å². The lowest BCUT2D eigenvalue weighted by molar-refractivity contribution is -0.885. The molecule has 2 unspecified atom stereocenters. The molecule has 2 atom stereocenters. The quantitative estimate of drug-likeness (QED) is 0.688. The van der Waals surface area contributed by atoms with E-state index >= 15 is 0 Å². The predicted octanol–water partition coefficient (Wildman–Crippen LogP) is 0.851. The summed E-state index contributed by atoms with van der Waals surface area (Å²) < 4.78 is 19.1. The molecule has 5 heteroatoms. The van der Waals surface area contributed by atoms with E-state index in [1.165, 1.54) is 0 Å². The van der Waals surface area contributed by atoms with Gasteiger partial charge in [-0.1, -0.05) is 6.92 Å². The van der Waals surface area contributed by atoms with E-state index in [0.717, 1.165) is 28.5 Å². The lowest BCUT2D eigenvalue weighted by Crippen LogP contribution is -2.53. The molecule has 0 amide bonds. The van der Waals surface area contributed by atoms with Gasteiger partial charge < -0.3 is 23.2 Å². The number of nitrogens with zero attached hydrogens (tertiary/aromatic N) is 2. The summed E-state index contributed by atoms with van der Waals surface area (Å²) in [5, 5.41) is 0. The van der Waals surface area contributed by atoms with Crippen LogP contribution in [0.5, 0.6) is 0 Å². The number of ether oxygens (including phenoxy) is 3. The van der Waals surface area contributed by atoms with Gasteiger partial charge in [-0.25, -0.2) is 0 Å². The normalized spacial score (nSPS) is 30.5. The molecule has 0 aromatic carbocycles.